The molecule has 2 aromatic heterocycles. The number of fused-ring (bicyclic) bond motifs is 1. The van der Waals surface area contributed by atoms with Gasteiger partial charge in [-0.15, -0.1) is 15.3 Å². The summed E-state index contributed by atoms with van der Waals surface area (Å²) in [5.74, 6) is 0.824. The van der Waals surface area contributed by atoms with Crippen LogP contribution in [0.5, 0.6) is 5.75 Å². The number of aromatic nitrogens is 4. The van der Waals surface area contributed by atoms with Crippen molar-refractivity contribution in [2.75, 3.05) is 5.73 Å². The van der Waals surface area contributed by atoms with E-state index in [2.05, 4.69) is 15.3 Å². The minimum Gasteiger partial charge on any atom is -0.508 e. The van der Waals surface area contributed by atoms with E-state index in [1.807, 2.05) is 0 Å². The van der Waals surface area contributed by atoms with Gasteiger partial charge in [-0.25, -0.2) is 0 Å². The second-order valence-electron chi connectivity index (χ2n) is 3.21. The van der Waals surface area contributed by atoms with Crippen molar-refractivity contribution in [3.8, 4) is 17.1 Å². The van der Waals surface area contributed by atoms with Crippen molar-refractivity contribution in [1.29, 1.82) is 0 Å². The van der Waals surface area contributed by atoms with Crippen LogP contribution in [0.15, 0.2) is 24.3 Å². The molecule has 0 saturated heterocycles. The SMILES string of the molecule is Nc1nn2c(-c3ccc(O)cc3)nnc2s1. The molecule has 3 N–H and O–H groups in total. The zero-order valence-electron chi connectivity index (χ0n) is 8.03. The van der Waals surface area contributed by atoms with Gasteiger partial charge in [-0.3, -0.25) is 0 Å². The Labute approximate surface area is 94.0 Å². The van der Waals surface area contributed by atoms with E-state index in [4.69, 9.17) is 5.73 Å². The summed E-state index contributed by atoms with van der Waals surface area (Å²) < 4.78 is 1.59. The van der Waals surface area contributed by atoms with Crippen LogP contribution < -0.4 is 5.73 Å². The lowest BCUT2D eigenvalue weighted by Gasteiger charge is -1.96. The number of nitrogen functional groups attached to an aromatic ring is 1. The van der Waals surface area contributed by atoms with E-state index in [0.717, 1.165) is 5.56 Å². The highest BCUT2D eigenvalue weighted by atomic mass is 32.1. The Morgan fingerprint density at radius 2 is 1.94 bits per heavy atom. The number of anilines is 1. The molecule has 0 amide bonds. The standard InChI is InChI=1S/C9H7N5OS/c10-8-13-14-7(11-12-9(14)16-8)5-1-3-6(15)4-2-5/h1-4,15H,(H2,10,13). The third-order valence-electron chi connectivity index (χ3n) is 2.13. The Morgan fingerprint density at radius 1 is 1.19 bits per heavy atom. The number of aromatic hydroxyl groups is 1. The van der Waals surface area contributed by atoms with E-state index < -0.39 is 0 Å². The maximum absolute atomic E-state index is 9.20. The Morgan fingerprint density at radius 3 is 2.69 bits per heavy atom. The average molecular weight is 233 g/mol. The van der Waals surface area contributed by atoms with E-state index in [9.17, 15) is 5.11 Å². The fourth-order valence-electron chi connectivity index (χ4n) is 1.42. The van der Waals surface area contributed by atoms with Gasteiger partial charge in [-0.2, -0.15) is 4.52 Å². The molecule has 2 heterocycles. The normalized spacial score (nSPS) is 11.0. The number of hydrogen-bond donors (Lipinski definition) is 2. The lowest BCUT2D eigenvalue weighted by molar-refractivity contribution is 0.475. The predicted octanol–water partition coefficient (Wildman–Crippen LogP) is 1.14. The van der Waals surface area contributed by atoms with Crippen LogP contribution in [-0.2, 0) is 0 Å². The summed E-state index contributed by atoms with van der Waals surface area (Å²) in [6.45, 7) is 0. The minimum atomic E-state index is 0.210. The predicted molar refractivity (Wildman–Crippen MR) is 60.2 cm³/mol. The maximum Gasteiger partial charge on any atom is 0.236 e. The summed E-state index contributed by atoms with van der Waals surface area (Å²) in [4.78, 5) is 0.653. The molecular formula is C9H7N5OS. The molecule has 0 bridgehead atoms. The van der Waals surface area contributed by atoms with Crippen molar-refractivity contribution in [2.24, 2.45) is 0 Å². The van der Waals surface area contributed by atoms with Crippen LogP contribution in [0.3, 0.4) is 0 Å². The van der Waals surface area contributed by atoms with Crippen LogP contribution >= 0.6 is 11.3 Å². The number of nitrogens with zero attached hydrogens (tertiary/aromatic N) is 4. The first-order chi connectivity index (χ1) is 7.74. The van der Waals surface area contributed by atoms with Gasteiger partial charge in [0.25, 0.3) is 0 Å². The molecule has 3 aromatic rings. The van der Waals surface area contributed by atoms with Gasteiger partial charge in [0.2, 0.25) is 10.1 Å². The zero-order chi connectivity index (χ0) is 11.1. The fourth-order valence-corrected chi connectivity index (χ4v) is 2.03. The Bertz CT molecular complexity index is 642. The summed E-state index contributed by atoms with van der Waals surface area (Å²) in [5.41, 5.74) is 6.41. The molecule has 16 heavy (non-hydrogen) atoms. The third kappa shape index (κ3) is 1.29. The highest BCUT2D eigenvalue weighted by molar-refractivity contribution is 7.20. The fraction of sp³-hybridized carbons (Fsp3) is 0. The maximum atomic E-state index is 9.20. The van der Waals surface area contributed by atoms with Gasteiger partial charge >= 0.3 is 0 Å². The van der Waals surface area contributed by atoms with E-state index in [-0.39, 0.29) is 5.75 Å². The monoisotopic (exact) mass is 233 g/mol. The van der Waals surface area contributed by atoms with E-state index in [1.54, 1.807) is 28.8 Å². The number of hydrogen-bond acceptors (Lipinski definition) is 6. The van der Waals surface area contributed by atoms with Crippen molar-refractivity contribution in [3.63, 3.8) is 0 Å². The molecule has 0 aliphatic carbocycles. The topological polar surface area (TPSA) is 89.3 Å². The molecule has 7 heteroatoms. The van der Waals surface area contributed by atoms with Crippen molar-refractivity contribution >= 4 is 21.4 Å². The second-order valence-corrected chi connectivity index (χ2v) is 4.19. The summed E-state index contributed by atoms with van der Waals surface area (Å²) in [6.07, 6.45) is 0. The molecule has 0 atom stereocenters. The lowest BCUT2D eigenvalue weighted by Crippen LogP contribution is -1.92. The molecular weight excluding hydrogens is 226 g/mol. The van der Waals surface area contributed by atoms with E-state index >= 15 is 0 Å². The summed E-state index contributed by atoms with van der Waals surface area (Å²) in [6, 6.07) is 6.68. The number of phenols is 1. The lowest BCUT2D eigenvalue weighted by atomic mass is 10.2. The highest BCUT2D eigenvalue weighted by Crippen LogP contribution is 2.23. The summed E-state index contributed by atoms with van der Waals surface area (Å²) in [7, 11) is 0. The van der Waals surface area contributed by atoms with Crippen LogP contribution in [0, 0.1) is 0 Å². The van der Waals surface area contributed by atoms with Crippen LogP contribution in [0.25, 0.3) is 16.3 Å². The Hall–Kier alpha value is -2.15. The first-order valence-corrected chi connectivity index (χ1v) is 5.33. The Kier molecular flexibility index (Phi) is 1.80. The highest BCUT2D eigenvalue weighted by Gasteiger charge is 2.11. The molecule has 0 saturated carbocycles. The minimum absolute atomic E-state index is 0.210. The quantitative estimate of drug-likeness (QED) is 0.658. The zero-order valence-corrected chi connectivity index (χ0v) is 8.85. The molecule has 0 spiro atoms. The molecule has 0 aliphatic heterocycles. The van der Waals surface area contributed by atoms with Crippen molar-refractivity contribution in [1.82, 2.24) is 19.8 Å². The number of rotatable bonds is 1. The van der Waals surface area contributed by atoms with Crippen molar-refractivity contribution in [3.05, 3.63) is 24.3 Å². The molecule has 0 fully saturated rings. The molecule has 0 aliphatic rings. The van der Waals surface area contributed by atoms with Gasteiger partial charge in [0.05, 0.1) is 0 Å². The number of phenolic OH excluding ortho intramolecular Hbond substituents is 1. The van der Waals surface area contributed by atoms with Gasteiger partial charge in [0.15, 0.2) is 5.82 Å². The van der Waals surface area contributed by atoms with Crippen molar-refractivity contribution in [2.45, 2.75) is 0 Å². The number of benzene rings is 1. The van der Waals surface area contributed by atoms with Gasteiger partial charge in [0.1, 0.15) is 5.75 Å². The number of nitrogens with two attached hydrogens (primary N) is 1. The van der Waals surface area contributed by atoms with Crippen molar-refractivity contribution < 1.29 is 5.11 Å². The molecule has 6 nitrogen and oxygen atoms in total. The largest absolute Gasteiger partial charge is 0.508 e. The first kappa shape index (κ1) is 9.10. The van der Waals surface area contributed by atoms with Gasteiger partial charge in [-0.1, -0.05) is 11.3 Å². The average Bonchev–Trinajstić information content (AvgIpc) is 2.78. The van der Waals surface area contributed by atoms with Crippen LogP contribution in [0.1, 0.15) is 0 Å². The van der Waals surface area contributed by atoms with Crippen LogP contribution in [-0.4, -0.2) is 24.9 Å². The third-order valence-corrected chi connectivity index (χ3v) is 2.86. The second kappa shape index (κ2) is 3.17. The van der Waals surface area contributed by atoms with Gasteiger partial charge in [-0.05, 0) is 24.3 Å². The molecule has 1 aromatic carbocycles. The molecule has 80 valence electrons. The summed E-state index contributed by atoms with van der Waals surface area (Å²) >= 11 is 1.28. The Balaban J connectivity index is 2.21. The first-order valence-electron chi connectivity index (χ1n) is 4.51. The van der Waals surface area contributed by atoms with Gasteiger partial charge in [0, 0.05) is 5.56 Å². The van der Waals surface area contributed by atoms with E-state index in [0.29, 0.717) is 15.9 Å². The molecule has 0 unspecified atom stereocenters. The van der Waals surface area contributed by atoms with Crippen LogP contribution in [0.4, 0.5) is 5.13 Å². The van der Waals surface area contributed by atoms with E-state index in [1.165, 1.54) is 11.3 Å². The molecule has 0 radical (unpaired) electrons. The van der Waals surface area contributed by atoms with Gasteiger partial charge < -0.3 is 10.8 Å². The molecule has 3 rings (SSSR count). The smallest absolute Gasteiger partial charge is 0.236 e. The van der Waals surface area contributed by atoms with Crippen LogP contribution in [0.2, 0.25) is 0 Å². The summed E-state index contributed by atoms with van der Waals surface area (Å²) in [5, 5.41) is 21.7.